The molecule has 0 N–H and O–H groups in total. The van der Waals surface area contributed by atoms with E-state index in [4.69, 9.17) is 0 Å². The molecule has 0 fully saturated rings. The number of rotatable bonds is 4. The van der Waals surface area contributed by atoms with Gasteiger partial charge in [-0.25, -0.2) is 0 Å². The third kappa shape index (κ3) is 3.57. The van der Waals surface area contributed by atoms with Gasteiger partial charge in [-0.2, -0.15) is 0 Å². The Balaban J connectivity index is 2.56. The van der Waals surface area contributed by atoms with Crippen molar-refractivity contribution in [3.05, 3.63) is 76.4 Å². The molecule has 0 saturated heterocycles. The summed E-state index contributed by atoms with van der Waals surface area (Å²) in [7, 11) is 0. The molecule has 2 aromatic carbocycles. The Hall–Kier alpha value is -1.35. The maximum Gasteiger partial charge on any atom is -0.0106 e. The lowest BCUT2D eigenvalue weighted by molar-refractivity contribution is 1.23. The van der Waals surface area contributed by atoms with Gasteiger partial charge in [0.25, 0.3) is 0 Å². The predicted molar refractivity (Wildman–Crippen MR) is 93.3 cm³/mol. The molecule has 0 amide bonds. The van der Waals surface area contributed by atoms with Crippen molar-refractivity contribution < 1.29 is 0 Å². The van der Waals surface area contributed by atoms with Gasteiger partial charge in [0.05, 0.1) is 0 Å². The summed E-state index contributed by atoms with van der Waals surface area (Å²) in [5.41, 5.74) is 5.14. The zero-order valence-electron chi connectivity index (χ0n) is 11.0. The van der Waals surface area contributed by atoms with Gasteiger partial charge in [-0.1, -0.05) is 90.2 Å². The molecule has 0 radical (unpaired) electrons. The van der Waals surface area contributed by atoms with Crippen LogP contribution in [0.15, 0.2) is 70.8 Å². The number of hydrogen-bond donors (Lipinski definition) is 0. The first-order chi connectivity index (χ1) is 9.36. The number of hydrogen-bond acceptors (Lipinski definition) is 0. The van der Waals surface area contributed by atoms with E-state index in [-0.39, 0.29) is 0 Å². The average Bonchev–Trinajstić information content (AvgIpc) is 2.48. The van der Waals surface area contributed by atoms with E-state index in [9.17, 15) is 0 Å². The molecule has 0 nitrogen and oxygen atoms in total. The summed E-state index contributed by atoms with van der Waals surface area (Å²) >= 11 is 2.27. The van der Waals surface area contributed by atoms with Crippen LogP contribution < -0.4 is 0 Å². The maximum absolute atomic E-state index is 2.27. The van der Waals surface area contributed by atoms with Gasteiger partial charge in [-0.05, 0) is 38.8 Å². The van der Waals surface area contributed by atoms with Crippen molar-refractivity contribution in [2.75, 3.05) is 0 Å². The van der Waals surface area contributed by atoms with E-state index in [1.54, 1.807) is 0 Å². The molecule has 0 saturated carbocycles. The molecule has 0 aliphatic rings. The lowest BCUT2D eigenvalue weighted by Gasteiger charge is -2.10. The minimum absolute atomic E-state index is 1.04. The van der Waals surface area contributed by atoms with Gasteiger partial charge in [-0.15, -0.1) is 0 Å². The topological polar surface area (TPSA) is 0 Å². The normalized spacial score (nSPS) is 12.0. The minimum Gasteiger partial charge on any atom is -0.0769 e. The summed E-state index contributed by atoms with van der Waals surface area (Å²) < 4.78 is 2.07. The van der Waals surface area contributed by atoms with E-state index >= 15 is 0 Å². The molecular formula is C18H17I. The maximum atomic E-state index is 2.27. The summed E-state index contributed by atoms with van der Waals surface area (Å²) in [6, 6.07) is 19.1. The van der Waals surface area contributed by atoms with Crippen LogP contribution in [-0.2, 0) is 0 Å². The first kappa shape index (κ1) is 14.1. The first-order valence-corrected chi connectivity index (χ1v) is 7.73. The standard InChI is InChI=1S/C18H17I/c1-2-8-15(13-14-19)17-11-6-7-12-18(17)16-9-4-3-5-10-16/h3-14H,2H2,1H3/b14-13-,15-8+. The molecule has 0 aliphatic carbocycles. The molecule has 0 heterocycles. The largest absolute Gasteiger partial charge is 0.0769 e. The molecular weight excluding hydrogens is 343 g/mol. The lowest BCUT2D eigenvalue weighted by Crippen LogP contribution is -1.87. The summed E-state index contributed by atoms with van der Waals surface area (Å²) in [4.78, 5) is 0. The van der Waals surface area contributed by atoms with Gasteiger partial charge >= 0.3 is 0 Å². The van der Waals surface area contributed by atoms with Gasteiger partial charge in [0.2, 0.25) is 0 Å². The summed E-state index contributed by atoms with van der Waals surface area (Å²) in [5.74, 6) is 0. The SMILES string of the molecule is CC/C=C(\C=C/I)c1ccccc1-c1ccccc1. The Bertz CT molecular complexity index is 580. The molecule has 0 bridgehead atoms. The Morgan fingerprint density at radius 3 is 2.37 bits per heavy atom. The van der Waals surface area contributed by atoms with Gasteiger partial charge in [0.15, 0.2) is 0 Å². The predicted octanol–water partition coefficient (Wildman–Crippen LogP) is 6.10. The monoisotopic (exact) mass is 360 g/mol. The van der Waals surface area contributed by atoms with E-state index in [2.05, 4.69) is 100 Å². The molecule has 0 atom stereocenters. The minimum atomic E-state index is 1.04. The average molecular weight is 360 g/mol. The highest BCUT2D eigenvalue weighted by molar-refractivity contribution is 14.1. The molecule has 19 heavy (non-hydrogen) atoms. The molecule has 2 rings (SSSR count). The smallest absolute Gasteiger partial charge is 0.0106 e. The Kier molecular flexibility index (Phi) is 5.40. The van der Waals surface area contributed by atoms with E-state index in [1.807, 2.05) is 0 Å². The molecule has 0 aromatic heterocycles. The second-order valence-corrected chi connectivity index (χ2v) is 4.99. The number of allylic oxidation sites excluding steroid dienone is 3. The zero-order valence-corrected chi connectivity index (χ0v) is 13.2. The van der Waals surface area contributed by atoms with Crippen LogP contribution in [0.3, 0.4) is 0 Å². The highest BCUT2D eigenvalue weighted by Gasteiger charge is 2.06. The van der Waals surface area contributed by atoms with Crippen LogP contribution in [0.25, 0.3) is 16.7 Å². The zero-order chi connectivity index (χ0) is 13.5. The summed E-state index contributed by atoms with van der Waals surface area (Å²) in [6.45, 7) is 2.17. The lowest BCUT2D eigenvalue weighted by atomic mass is 9.94. The van der Waals surface area contributed by atoms with Gasteiger partial charge in [0.1, 0.15) is 0 Å². The Labute approximate surface area is 129 Å². The molecule has 0 unspecified atom stereocenters. The Morgan fingerprint density at radius 1 is 1.00 bits per heavy atom. The number of benzene rings is 2. The van der Waals surface area contributed by atoms with Gasteiger partial charge in [0, 0.05) is 0 Å². The van der Waals surface area contributed by atoms with Crippen LogP contribution >= 0.6 is 22.6 Å². The van der Waals surface area contributed by atoms with Crippen molar-refractivity contribution in [3.8, 4) is 11.1 Å². The highest BCUT2D eigenvalue weighted by Crippen LogP contribution is 2.30. The van der Waals surface area contributed by atoms with Crippen LogP contribution in [0.4, 0.5) is 0 Å². The molecule has 2 aromatic rings. The number of halogens is 1. The highest BCUT2D eigenvalue weighted by atomic mass is 127. The van der Waals surface area contributed by atoms with Crippen molar-refractivity contribution in [2.45, 2.75) is 13.3 Å². The van der Waals surface area contributed by atoms with Crippen molar-refractivity contribution in [3.63, 3.8) is 0 Å². The van der Waals surface area contributed by atoms with Crippen LogP contribution in [0.2, 0.25) is 0 Å². The first-order valence-electron chi connectivity index (χ1n) is 6.48. The van der Waals surface area contributed by atoms with Crippen LogP contribution in [0, 0.1) is 0 Å². The fourth-order valence-corrected chi connectivity index (χ4v) is 2.55. The van der Waals surface area contributed by atoms with E-state index < -0.39 is 0 Å². The molecule has 0 aliphatic heterocycles. The molecule has 0 spiro atoms. The van der Waals surface area contributed by atoms with Gasteiger partial charge < -0.3 is 0 Å². The fraction of sp³-hybridized carbons (Fsp3) is 0.111. The third-order valence-corrected chi connectivity index (χ3v) is 3.35. The van der Waals surface area contributed by atoms with E-state index in [0.717, 1.165) is 6.42 Å². The summed E-state index contributed by atoms with van der Waals surface area (Å²) in [6.07, 6.45) is 5.49. The van der Waals surface area contributed by atoms with Crippen molar-refractivity contribution in [1.29, 1.82) is 0 Å². The van der Waals surface area contributed by atoms with Crippen molar-refractivity contribution in [2.24, 2.45) is 0 Å². The molecule has 1 heteroatoms. The fourth-order valence-electron chi connectivity index (χ4n) is 2.16. The third-order valence-electron chi connectivity index (χ3n) is 2.99. The summed E-state index contributed by atoms with van der Waals surface area (Å²) in [5, 5.41) is 0. The van der Waals surface area contributed by atoms with Crippen molar-refractivity contribution in [1.82, 2.24) is 0 Å². The van der Waals surface area contributed by atoms with Gasteiger partial charge in [-0.3, -0.25) is 0 Å². The quantitative estimate of drug-likeness (QED) is 0.457. The second kappa shape index (κ2) is 7.29. The van der Waals surface area contributed by atoms with Crippen LogP contribution in [0.5, 0.6) is 0 Å². The van der Waals surface area contributed by atoms with Crippen LogP contribution in [-0.4, -0.2) is 0 Å². The molecule has 96 valence electrons. The van der Waals surface area contributed by atoms with E-state index in [1.165, 1.54) is 22.3 Å². The van der Waals surface area contributed by atoms with Crippen LogP contribution in [0.1, 0.15) is 18.9 Å². The van der Waals surface area contributed by atoms with E-state index in [0.29, 0.717) is 0 Å². The van der Waals surface area contributed by atoms with Crippen molar-refractivity contribution >= 4 is 28.2 Å². The Morgan fingerprint density at radius 2 is 1.68 bits per heavy atom. The second-order valence-electron chi connectivity index (χ2n) is 4.27.